The van der Waals surface area contributed by atoms with Gasteiger partial charge in [0.2, 0.25) is 5.91 Å². The van der Waals surface area contributed by atoms with E-state index in [1.54, 1.807) is 25.3 Å². The van der Waals surface area contributed by atoms with Gasteiger partial charge in [0, 0.05) is 17.3 Å². The fourth-order valence-corrected chi connectivity index (χ4v) is 3.89. The first kappa shape index (κ1) is 18.8. The third-order valence-corrected chi connectivity index (χ3v) is 5.61. The van der Waals surface area contributed by atoms with Gasteiger partial charge in [0.15, 0.2) is 5.16 Å². The molecule has 1 aliphatic rings. The van der Waals surface area contributed by atoms with Gasteiger partial charge >= 0.3 is 0 Å². The van der Waals surface area contributed by atoms with E-state index in [1.165, 1.54) is 11.8 Å². The number of methoxy groups -OCH3 is 1. The summed E-state index contributed by atoms with van der Waals surface area (Å²) in [6, 6.07) is 15.1. The summed E-state index contributed by atoms with van der Waals surface area (Å²) in [6.07, 6.45) is 2.27. The van der Waals surface area contributed by atoms with Crippen molar-refractivity contribution in [3.63, 3.8) is 0 Å². The van der Waals surface area contributed by atoms with Crippen molar-refractivity contribution in [1.82, 2.24) is 14.8 Å². The van der Waals surface area contributed by atoms with Crippen LogP contribution in [0.5, 0.6) is 5.75 Å². The number of halogens is 1. The molecule has 0 radical (unpaired) electrons. The van der Waals surface area contributed by atoms with Crippen molar-refractivity contribution < 1.29 is 9.53 Å². The molecule has 1 fully saturated rings. The molecule has 0 bridgehead atoms. The van der Waals surface area contributed by atoms with Crippen molar-refractivity contribution >= 4 is 35.0 Å². The molecule has 0 unspecified atom stereocenters. The van der Waals surface area contributed by atoms with Crippen LogP contribution in [0.4, 0.5) is 5.69 Å². The first-order chi connectivity index (χ1) is 13.7. The lowest BCUT2D eigenvalue weighted by Gasteiger charge is -2.10. The summed E-state index contributed by atoms with van der Waals surface area (Å²) in [4.78, 5) is 12.4. The molecule has 0 spiro atoms. The minimum atomic E-state index is -0.137. The van der Waals surface area contributed by atoms with E-state index in [9.17, 15) is 4.79 Å². The van der Waals surface area contributed by atoms with Gasteiger partial charge in [-0.2, -0.15) is 0 Å². The number of para-hydroxylation sites is 1. The minimum absolute atomic E-state index is 0.137. The van der Waals surface area contributed by atoms with Crippen molar-refractivity contribution in [2.24, 2.45) is 0 Å². The van der Waals surface area contributed by atoms with Crippen LogP contribution in [0.2, 0.25) is 5.02 Å². The van der Waals surface area contributed by atoms with Crippen LogP contribution in [-0.2, 0) is 4.79 Å². The number of ether oxygens (including phenoxy) is 1. The number of rotatable bonds is 7. The standard InChI is InChI=1S/C20H19ClN4O2S/c1-27-17-10-9-14(11-16(17)21)22-18(26)12-28-20-24-23-19(13-7-8-13)25(20)15-5-3-2-4-6-15/h2-6,9-11,13H,7-8,12H2,1H3,(H,22,26). The van der Waals surface area contributed by atoms with Crippen molar-refractivity contribution in [2.45, 2.75) is 23.9 Å². The van der Waals surface area contributed by atoms with Crippen molar-refractivity contribution in [3.8, 4) is 11.4 Å². The maximum Gasteiger partial charge on any atom is 0.234 e. The molecule has 8 heteroatoms. The Kier molecular flexibility index (Phi) is 5.54. The molecule has 1 saturated carbocycles. The maximum absolute atomic E-state index is 12.4. The van der Waals surface area contributed by atoms with Crippen LogP contribution in [-0.4, -0.2) is 33.5 Å². The molecule has 1 aliphatic carbocycles. The average Bonchev–Trinajstić information content (AvgIpc) is 3.46. The van der Waals surface area contributed by atoms with Crippen molar-refractivity contribution in [3.05, 3.63) is 59.4 Å². The molecule has 1 aromatic heterocycles. The van der Waals surface area contributed by atoms with Crippen LogP contribution in [0, 0.1) is 0 Å². The quantitative estimate of drug-likeness (QED) is 0.575. The van der Waals surface area contributed by atoms with E-state index in [1.807, 2.05) is 30.3 Å². The molecule has 1 amide bonds. The van der Waals surface area contributed by atoms with Crippen LogP contribution in [0.25, 0.3) is 5.69 Å². The summed E-state index contributed by atoms with van der Waals surface area (Å²) >= 11 is 7.48. The Morgan fingerprint density at radius 1 is 1.25 bits per heavy atom. The van der Waals surface area contributed by atoms with Crippen molar-refractivity contribution in [1.29, 1.82) is 0 Å². The number of thioether (sulfide) groups is 1. The lowest BCUT2D eigenvalue weighted by Crippen LogP contribution is -2.14. The summed E-state index contributed by atoms with van der Waals surface area (Å²) in [5.41, 5.74) is 1.64. The zero-order valence-corrected chi connectivity index (χ0v) is 16.8. The molecular weight excluding hydrogens is 396 g/mol. The number of benzene rings is 2. The first-order valence-corrected chi connectivity index (χ1v) is 10.3. The van der Waals surface area contributed by atoms with E-state index in [2.05, 4.69) is 20.1 Å². The Labute approximate surface area is 172 Å². The van der Waals surface area contributed by atoms with Gasteiger partial charge in [-0.3, -0.25) is 9.36 Å². The molecule has 6 nitrogen and oxygen atoms in total. The zero-order valence-electron chi connectivity index (χ0n) is 15.3. The highest BCUT2D eigenvalue weighted by atomic mass is 35.5. The van der Waals surface area contributed by atoms with Crippen LogP contribution in [0.1, 0.15) is 24.6 Å². The second-order valence-electron chi connectivity index (χ2n) is 6.47. The number of carbonyl (C=O) groups is 1. The normalized spacial score (nSPS) is 13.4. The fraction of sp³-hybridized carbons (Fsp3) is 0.250. The summed E-state index contributed by atoms with van der Waals surface area (Å²) in [5.74, 6) is 2.08. The van der Waals surface area contributed by atoms with Crippen LogP contribution in [0.15, 0.2) is 53.7 Å². The molecule has 4 rings (SSSR count). The Bertz CT molecular complexity index is 989. The molecule has 144 valence electrons. The number of anilines is 1. The molecule has 0 atom stereocenters. The Morgan fingerprint density at radius 2 is 2.04 bits per heavy atom. The number of hydrogen-bond acceptors (Lipinski definition) is 5. The molecule has 28 heavy (non-hydrogen) atoms. The van der Waals surface area contributed by atoms with Gasteiger partial charge in [0.25, 0.3) is 0 Å². The Hall–Kier alpha value is -2.51. The highest BCUT2D eigenvalue weighted by Crippen LogP contribution is 2.41. The SMILES string of the molecule is COc1ccc(NC(=O)CSc2nnc(C3CC3)n2-c2ccccc2)cc1Cl. The number of nitrogens with one attached hydrogen (secondary N) is 1. The fourth-order valence-electron chi connectivity index (χ4n) is 2.87. The minimum Gasteiger partial charge on any atom is -0.495 e. The van der Waals surface area contributed by atoms with Crippen LogP contribution in [0.3, 0.4) is 0 Å². The number of hydrogen-bond donors (Lipinski definition) is 1. The van der Waals surface area contributed by atoms with Crippen LogP contribution >= 0.6 is 23.4 Å². The average molecular weight is 415 g/mol. The second kappa shape index (κ2) is 8.24. The van der Waals surface area contributed by atoms with Gasteiger partial charge < -0.3 is 10.1 Å². The molecular formula is C20H19ClN4O2S. The highest BCUT2D eigenvalue weighted by Gasteiger charge is 2.31. The predicted molar refractivity (Wildman–Crippen MR) is 111 cm³/mol. The third-order valence-electron chi connectivity index (χ3n) is 4.38. The van der Waals surface area contributed by atoms with Gasteiger partial charge in [-0.05, 0) is 43.2 Å². The van der Waals surface area contributed by atoms with Gasteiger partial charge in [-0.1, -0.05) is 41.6 Å². The molecule has 1 heterocycles. The van der Waals surface area contributed by atoms with Gasteiger partial charge in [-0.15, -0.1) is 10.2 Å². The summed E-state index contributed by atoms with van der Waals surface area (Å²) in [6.45, 7) is 0. The first-order valence-electron chi connectivity index (χ1n) is 8.92. The van der Waals surface area contributed by atoms with E-state index in [0.717, 1.165) is 29.5 Å². The molecule has 0 aliphatic heterocycles. The van der Waals surface area contributed by atoms with Gasteiger partial charge in [0.1, 0.15) is 11.6 Å². The lowest BCUT2D eigenvalue weighted by atomic mass is 10.3. The van der Waals surface area contributed by atoms with Gasteiger partial charge in [-0.25, -0.2) is 0 Å². The largest absolute Gasteiger partial charge is 0.495 e. The van der Waals surface area contributed by atoms with E-state index in [4.69, 9.17) is 16.3 Å². The van der Waals surface area contributed by atoms with Gasteiger partial charge in [0.05, 0.1) is 17.9 Å². The van der Waals surface area contributed by atoms with E-state index in [-0.39, 0.29) is 11.7 Å². The number of nitrogens with zero attached hydrogens (tertiary/aromatic N) is 3. The van der Waals surface area contributed by atoms with E-state index < -0.39 is 0 Å². The second-order valence-corrected chi connectivity index (χ2v) is 7.82. The van der Waals surface area contributed by atoms with E-state index in [0.29, 0.717) is 22.4 Å². The molecule has 0 saturated heterocycles. The lowest BCUT2D eigenvalue weighted by molar-refractivity contribution is -0.113. The molecule has 1 N–H and O–H groups in total. The maximum atomic E-state index is 12.4. The number of carbonyl (C=O) groups excluding carboxylic acids is 1. The Balaban J connectivity index is 1.46. The number of amides is 1. The van der Waals surface area contributed by atoms with Crippen molar-refractivity contribution in [2.75, 3.05) is 18.2 Å². The predicted octanol–water partition coefficient (Wildman–Crippen LogP) is 4.54. The van der Waals surface area contributed by atoms with Crippen LogP contribution < -0.4 is 10.1 Å². The monoisotopic (exact) mass is 414 g/mol. The summed E-state index contributed by atoms with van der Waals surface area (Å²) in [7, 11) is 1.55. The highest BCUT2D eigenvalue weighted by molar-refractivity contribution is 7.99. The summed E-state index contributed by atoms with van der Waals surface area (Å²) in [5, 5.41) is 12.7. The smallest absolute Gasteiger partial charge is 0.234 e. The Morgan fingerprint density at radius 3 is 2.71 bits per heavy atom. The molecule has 3 aromatic rings. The molecule has 2 aromatic carbocycles. The third kappa shape index (κ3) is 4.15. The summed E-state index contributed by atoms with van der Waals surface area (Å²) < 4.78 is 7.18. The zero-order chi connectivity index (χ0) is 19.5. The topological polar surface area (TPSA) is 69.0 Å². The van der Waals surface area contributed by atoms with E-state index >= 15 is 0 Å². The number of aromatic nitrogens is 3.